The molecule has 1 fully saturated rings. The van der Waals surface area contributed by atoms with E-state index < -0.39 is 0 Å². The minimum atomic E-state index is 0.225. The monoisotopic (exact) mass is 264 g/mol. The van der Waals surface area contributed by atoms with E-state index in [-0.39, 0.29) is 5.91 Å². The molecule has 1 saturated carbocycles. The van der Waals surface area contributed by atoms with E-state index in [9.17, 15) is 4.79 Å². The topological polar surface area (TPSA) is 46.3 Å². The summed E-state index contributed by atoms with van der Waals surface area (Å²) >= 11 is 0. The summed E-state index contributed by atoms with van der Waals surface area (Å²) in [6.45, 7) is 4.22. The Morgan fingerprint density at radius 2 is 2.16 bits per heavy atom. The van der Waals surface area contributed by atoms with E-state index in [4.69, 9.17) is 12.2 Å². The molecule has 3 heteroatoms. The Kier molecular flexibility index (Phi) is 7.59. The van der Waals surface area contributed by atoms with Gasteiger partial charge >= 0.3 is 0 Å². The number of rotatable bonds is 10. The van der Waals surface area contributed by atoms with Gasteiger partial charge in [-0.1, -0.05) is 25.7 Å². The number of nitrogens with zero attached hydrogens (tertiary/aromatic N) is 1. The molecule has 1 amide bonds. The molecular formula is C16H28N2O. The molecule has 0 aromatic carbocycles. The van der Waals surface area contributed by atoms with Gasteiger partial charge in [0.1, 0.15) is 0 Å². The minimum absolute atomic E-state index is 0.225. The van der Waals surface area contributed by atoms with Crippen LogP contribution in [0.4, 0.5) is 0 Å². The lowest BCUT2D eigenvalue weighted by Crippen LogP contribution is -2.33. The highest BCUT2D eigenvalue weighted by Gasteiger charge is 2.26. The molecule has 0 aromatic rings. The number of carbonyl (C=O) groups excluding carboxylic acids is 1. The van der Waals surface area contributed by atoms with Crippen molar-refractivity contribution in [3.8, 4) is 12.3 Å². The predicted molar refractivity (Wildman–Crippen MR) is 79.4 cm³/mol. The molecule has 1 atom stereocenters. The molecule has 0 saturated heterocycles. The average Bonchev–Trinajstić information content (AvgIpc) is 3.19. The average molecular weight is 264 g/mol. The van der Waals surface area contributed by atoms with Crippen LogP contribution in [0, 0.1) is 24.2 Å². The zero-order chi connectivity index (χ0) is 14.1. The van der Waals surface area contributed by atoms with Gasteiger partial charge in [-0.15, -0.1) is 6.42 Å². The number of hydrogen-bond acceptors (Lipinski definition) is 2. The molecule has 0 radical (unpaired) electrons. The molecular weight excluding hydrogens is 236 g/mol. The summed E-state index contributed by atoms with van der Waals surface area (Å²) in [5.41, 5.74) is 5.63. The lowest BCUT2D eigenvalue weighted by atomic mass is 9.94. The summed E-state index contributed by atoms with van der Waals surface area (Å²) in [5.74, 6) is 4.12. The van der Waals surface area contributed by atoms with Crippen molar-refractivity contribution in [3.05, 3.63) is 0 Å². The zero-order valence-electron chi connectivity index (χ0n) is 12.2. The molecule has 19 heavy (non-hydrogen) atoms. The molecule has 0 heterocycles. The van der Waals surface area contributed by atoms with Gasteiger partial charge in [-0.25, -0.2) is 0 Å². The predicted octanol–water partition coefficient (Wildman–Crippen LogP) is 2.40. The number of nitrogens with two attached hydrogens (primary N) is 1. The van der Waals surface area contributed by atoms with E-state index in [2.05, 4.69) is 12.8 Å². The van der Waals surface area contributed by atoms with Crippen LogP contribution in [0.3, 0.4) is 0 Å². The third kappa shape index (κ3) is 6.63. The first kappa shape index (κ1) is 16.0. The lowest BCUT2D eigenvalue weighted by molar-refractivity contribution is -0.131. The molecule has 108 valence electrons. The molecule has 1 aliphatic rings. The molecule has 1 aliphatic carbocycles. The Morgan fingerprint density at radius 1 is 1.42 bits per heavy atom. The summed E-state index contributed by atoms with van der Waals surface area (Å²) in [6.07, 6.45) is 12.8. The fourth-order valence-electron chi connectivity index (χ4n) is 2.54. The standard InChI is InChI=1S/C16H28N2O/c1-3-5-14(10-11-17)8-9-16(19)18(12-4-2)13-15-6-7-15/h2,14-15H,3,5-13,17H2,1H3. The van der Waals surface area contributed by atoms with Gasteiger partial charge in [0, 0.05) is 13.0 Å². The van der Waals surface area contributed by atoms with E-state index >= 15 is 0 Å². The van der Waals surface area contributed by atoms with Crippen LogP contribution in [0.1, 0.15) is 51.9 Å². The van der Waals surface area contributed by atoms with E-state index in [0.717, 1.165) is 32.4 Å². The number of hydrogen-bond donors (Lipinski definition) is 1. The van der Waals surface area contributed by atoms with Gasteiger partial charge in [-0.3, -0.25) is 4.79 Å². The van der Waals surface area contributed by atoms with Gasteiger partial charge in [-0.05, 0) is 44.1 Å². The van der Waals surface area contributed by atoms with Crippen LogP contribution in [0.2, 0.25) is 0 Å². The second-order valence-electron chi connectivity index (χ2n) is 5.69. The van der Waals surface area contributed by atoms with E-state index in [1.54, 1.807) is 0 Å². The van der Waals surface area contributed by atoms with Crippen molar-refractivity contribution in [2.75, 3.05) is 19.6 Å². The molecule has 0 bridgehead atoms. The maximum Gasteiger partial charge on any atom is 0.223 e. The van der Waals surface area contributed by atoms with Crippen LogP contribution in [-0.4, -0.2) is 30.4 Å². The summed E-state index contributed by atoms with van der Waals surface area (Å²) in [4.78, 5) is 14.1. The van der Waals surface area contributed by atoms with Crippen molar-refractivity contribution in [3.63, 3.8) is 0 Å². The van der Waals surface area contributed by atoms with E-state index in [1.165, 1.54) is 19.3 Å². The summed E-state index contributed by atoms with van der Waals surface area (Å²) < 4.78 is 0. The van der Waals surface area contributed by atoms with Crippen LogP contribution in [0.25, 0.3) is 0 Å². The largest absolute Gasteiger partial charge is 0.331 e. The number of carbonyl (C=O) groups is 1. The van der Waals surface area contributed by atoms with Gasteiger partial charge in [0.15, 0.2) is 0 Å². The van der Waals surface area contributed by atoms with Crippen LogP contribution in [0.5, 0.6) is 0 Å². The molecule has 3 nitrogen and oxygen atoms in total. The summed E-state index contributed by atoms with van der Waals surface area (Å²) in [5, 5.41) is 0. The second kappa shape index (κ2) is 8.98. The van der Waals surface area contributed by atoms with Crippen molar-refractivity contribution in [1.82, 2.24) is 4.90 Å². The van der Waals surface area contributed by atoms with Crippen molar-refractivity contribution in [2.45, 2.75) is 51.9 Å². The maximum absolute atomic E-state index is 12.2. The van der Waals surface area contributed by atoms with Gasteiger partial charge < -0.3 is 10.6 Å². The first-order valence-corrected chi connectivity index (χ1v) is 7.62. The highest BCUT2D eigenvalue weighted by atomic mass is 16.2. The third-order valence-corrected chi connectivity index (χ3v) is 3.85. The molecule has 0 aromatic heterocycles. The molecule has 0 aliphatic heterocycles. The highest BCUT2D eigenvalue weighted by Crippen LogP contribution is 2.30. The SMILES string of the molecule is C#CCN(CC1CC1)C(=O)CCC(CCC)CCN. The Balaban J connectivity index is 2.34. The van der Waals surface area contributed by atoms with Gasteiger partial charge in [0.25, 0.3) is 0 Å². The van der Waals surface area contributed by atoms with Crippen LogP contribution < -0.4 is 5.73 Å². The fraction of sp³-hybridized carbons (Fsp3) is 0.812. The van der Waals surface area contributed by atoms with Crippen molar-refractivity contribution in [1.29, 1.82) is 0 Å². The summed E-state index contributed by atoms with van der Waals surface area (Å²) in [7, 11) is 0. The van der Waals surface area contributed by atoms with E-state index in [1.807, 2.05) is 4.90 Å². The third-order valence-electron chi connectivity index (χ3n) is 3.85. The maximum atomic E-state index is 12.2. The van der Waals surface area contributed by atoms with Crippen LogP contribution in [0.15, 0.2) is 0 Å². The molecule has 1 rings (SSSR count). The van der Waals surface area contributed by atoms with Gasteiger partial charge in [0.05, 0.1) is 6.54 Å². The van der Waals surface area contributed by atoms with Gasteiger partial charge in [-0.2, -0.15) is 0 Å². The minimum Gasteiger partial charge on any atom is -0.331 e. The van der Waals surface area contributed by atoms with Gasteiger partial charge in [0.2, 0.25) is 5.91 Å². The Hall–Kier alpha value is -1.01. The van der Waals surface area contributed by atoms with E-state index in [0.29, 0.717) is 24.8 Å². The van der Waals surface area contributed by atoms with Crippen molar-refractivity contribution >= 4 is 5.91 Å². The number of amides is 1. The Labute approximate surface area is 117 Å². The van der Waals surface area contributed by atoms with Crippen LogP contribution in [-0.2, 0) is 4.79 Å². The summed E-state index contributed by atoms with van der Waals surface area (Å²) in [6, 6.07) is 0. The quantitative estimate of drug-likeness (QED) is 0.616. The fourth-order valence-corrected chi connectivity index (χ4v) is 2.54. The lowest BCUT2D eigenvalue weighted by Gasteiger charge is -2.22. The Bertz CT molecular complexity index is 298. The normalized spacial score (nSPS) is 15.8. The second-order valence-corrected chi connectivity index (χ2v) is 5.69. The molecule has 1 unspecified atom stereocenters. The van der Waals surface area contributed by atoms with Crippen LogP contribution >= 0.6 is 0 Å². The number of terminal acetylenes is 1. The zero-order valence-corrected chi connectivity index (χ0v) is 12.2. The molecule has 0 spiro atoms. The Morgan fingerprint density at radius 3 is 2.68 bits per heavy atom. The van der Waals surface area contributed by atoms with Crippen molar-refractivity contribution in [2.24, 2.45) is 17.6 Å². The smallest absolute Gasteiger partial charge is 0.223 e. The first-order chi connectivity index (χ1) is 9.21. The molecule has 2 N–H and O–H groups in total. The highest BCUT2D eigenvalue weighted by molar-refractivity contribution is 5.76. The first-order valence-electron chi connectivity index (χ1n) is 7.62. The van der Waals surface area contributed by atoms with Crippen molar-refractivity contribution < 1.29 is 4.79 Å².